The summed E-state index contributed by atoms with van der Waals surface area (Å²) in [4.78, 5) is 61.7. The van der Waals surface area contributed by atoms with Crippen LogP contribution in [0.1, 0.15) is 62.5 Å². The van der Waals surface area contributed by atoms with Crippen LogP contribution < -0.4 is 21.6 Å². The number of carbonyl (C=O) groups excluding carboxylic acids is 3. The molecule has 2 aromatic heterocycles. The number of hydrogen-bond donors (Lipinski definition) is 4. The quantitative estimate of drug-likeness (QED) is 0.278. The van der Waals surface area contributed by atoms with Crippen molar-refractivity contribution in [3.63, 3.8) is 0 Å². The lowest BCUT2D eigenvalue weighted by Crippen LogP contribution is -2.54. The molecule has 0 saturated heterocycles. The molecule has 4 N–H and O–H groups in total. The molecule has 3 atom stereocenters. The number of carboxylic acids is 1. The molecular weight excluding hydrogens is 518 g/mol. The first-order chi connectivity index (χ1) is 19.0. The third kappa shape index (κ3) is 6.03. The average molecular weight is 554 g/mol. The van der Waals surface area contributed by atoms with Crippen molar-refractivity contribution in [3.8, 4) is 0 Å². The van der Waals surface area contributed by atoms with Gasteiger partial charge in [0, 0.05) is 28.8 Å². The standard InChI is InChI=1S/C29H35N3O8/c1-5-14(2)26(27(35)31-16(4)28(36)37)32-25(34)13-30-24(33)11-19-15(3)18-10-20-17-8-6-7-9-21(17)39-23(20)12-22(18)40-29(19)38/h10,12,14,16,26H,5-9,11,13H2,1-4H3,(H,30,33)(H,31,35)(H,32,34)(H,36,37)/t14-,16+,26+/m0/s1. The minimum atomic E-state index is -1.20. The number of nitrogens with one attached hydrogen (secondary N) is 3. The topological polar surface area (TPSA) is 168 Å². The SMILES string of the molecule is CC[C@H](C)[C@@H](NC(=O)CNC(=O)Cc1c(C)c2cc3c4c(oc3cc2oc1=O)CCCC4)C(=O)N[C@H](C)C(=O)O. The second kappa shape index (κ2) is 11.9. The summed E-state index contributed by atoms with van der Waals surface area (Å²) in [6, 6.07) is 1.59. The van der Waals surface area contributed by atoms with Crippen molar-refractivity contribution < 1.29 is 33.1 Å². The maximum Gasteiger partial charge on any atom is 0.340 e. The molecule has 214 valence electrons. The van der Waals surface area contributed by atoms with Crippen LogP contribution in [0.25, 0.3) is 21.9 Å². The maximum atomic E-state index is 12.8. The summed E-state index contributed by atoms with van der Waals surface area (Å²) in [6.07, 6.45) is 4.24. The van der Waals surface area contributed by atoms with Crippen LogP contribution in [0.5, 0.6) is 0 Å². The number of fused-ring (bicyclic) bond motifs is 4. The third-order valence-corrected chi connectivity index (χ3v) is 7.69. The van der Waals surface area contributed by atoms with Crippen molar-refractivity contribution in [2.45, 2.75) is 78.3 Å². The van der Waals surface area contributed by atoms with Crippen molar-refractivity contribution in [1.82, 2.24) is 16.0 Å². The molecule has 2 heterocycles. The second-order valence-electron chi connectivity index (χ2n) is 10.5. The molecule has 40 heavy (non-hydrogen) atoms. The first-order valence-corrected chi connectivity index (χ1v) is 13.6. The van der Waals surface area contributed by atoms with E-state index < -0.39 is 47.9 Å². The zero-order valence-electron chi connectivity index (χ0n) is 23.1. The summed E-state index contributed by atoms with van der Waals surface area (Å²) >= 11 is 0. The molecule has 11 nitrogen and oxygen atoms in total. The largest absolute Gasteiger partial charge is 0.480 e. The maximum absolute atomic E-state index is 12.8. The van der Waals surface area contributed by atoms with Gasteiger partial charge in [-0.05, 0) is 50.7 Å². The molecule has 1 aromatic carbocycles. The van der Waals surface area contributed by atoms with Crippen LogP contribution >= 0.6 is 0 Å². The van der Waals surface area contributed by atoms with Gasteiger partial charge in [0.2, 0.25) is 17.7 Å². The van der Waals surface area contributed by atoms with Crippen LogP contribution in [-0.2, 0) is 38.4 Å². The highest BCUT2D eigenvalue weighted by Crippen LogP contribution is 2.35. The third-order valence-electron chi connectivity index (χ3n) is 7.69. The molecule has 0 bridgehead atoms. The fourth-order valence-electron chi connectivity index (χ4n) is 5.04. The van der Waals surface area contributed by atoms with Gasteiger partial charge in [-0.3, -0.25) is 19.2 Å². The predicted octanol–water partition coefficient (Wildman–Crippen LogP) is 2.51. The molecule has 0 spiro atoms. The Bertz CT molecular complexity index is 1540. The summed E-state index contributed by atoms with van der Waals surface area (Å²) in [7, 11) is 0. The Kier molecular flexibility index (Phi) is 8.61. The minimum Gasteiger partial charge on any atom is -0.480 e. The number of benzene rings is 1. The van der Waals surface area contributed by atoms with Gasteiger partial charge in [-0.2, -0.15) is 0 Å². The summed E-state index contributed by atoms with van der Waals surface area (Å²) in [5, 5.41) is 18.2. The van der Waals surface area contributed by atoms with Gasteiger partial charge in [0.15, 0.2) is 0 Å². The molecule has 0 aliphatic heterocycles. The first-order valence-electron chi connectivity index (χ1n) is 13.6. The Balaban J connectivity index is 1.45. The highest BCUT2D eigenvalue weighted by Gasteiger charge is 2.28. The molecular formula is C29H35N3O8. The first kappa shape index (κ1) is 28.8. The molecule has 1 aliphatic carbocycles. The molecule has 0 saturated carbocycles. The fraction of sp³-hybridized carbons (Fsp3) is 0.483. The summed E-state index contributed by atoms with van der Waals surface area (Å²) in [5.74, 6) is -2.31. The number of carboxylic acid groups (broad SMARTS) is 1. The second-order valence-corrected chi connectivity index (χ2v) is 10.5. The van der Waals surface area contributed by atoms with Gasteiger partial charge in [0.05, 0.1) is 18.5 Å². The number of aryl methyl sites for hydroxylation is 3. The van der Waals surface area contributed by atoms with E-state index in [2.05, 4.69) is 16.0 Å². The summed E-state index contributed by atoms with van der Waals surface area (Å²) < 4.78 is 11.6. The number of aliphatic carboxylic acids is 1. The van der Waals surface area contributed by atoms with Crippen LogP contribution in [0.3, 0.4) is 0 Å². The normalized spacial score (nSPS) is 15.2. The molecule has 0 fully saturated rings. The van der Waals surface area contributed by atoms with Crippen LogP contribution in [-0.4, -0.2) is 47.4 Å². The average Bonchev–Trinajstić information content (AvgIpc) is 3.28. The lowest BCUT2D eigenvalue weighted by atomic mass is 9.94. The fourth-order valence-corrected chi connectivity index (χ4v) is 5.04. The zero-order chi connectivity index (χ0) is 29.1. The number of amides is 3. The Labute approximate surface area is 230 Å². The smallest absolute Gasteiger partial charge is 0.340 e. The van der Waals surface area contributed by atoms with Crippen LogP contribution in [0.2, 0.25) is 0 Å². The lowest BCUT2D eigenvalue weighted by molar-refractivity contribution is -0.142. The van der Waals surface area contributed by atoms with Crippen molar-refractivity contribution >= 4 is 45.6 Å². The van der Waals surface area contributed by atoms with E-state index in [1.54, 1.807) is 19.9 Å². The van der Waals surface area contributed by atoms with Gasteiger partial charge < -0.3 is 29.9 Å². The number of furan rings is 1. The molecule has 0 radical (unpaired) electrons. The molecule has 1 aliphatic rings. The van der Waals surface area contributed by atoms with E-state index >= 15 is 0 Å². The minimum absolute atomic E-state index is 0.196. The highest BCUT2D eigenvalue weighted by molar-refractivity contribution is 5.97. The Morgan fingerprint density at radius 2 is 1.68 bits per heavy atom. The van der Waals surface area contributed by atoms with Gasteiger partial charge in [0.25, 0.3) is 0 Å². The molecule has 11 heteroatoms. The van der Waals surface area contributed by atoms with Gasteiger partial charge in [-0.25, -0.2) is 4.79 Å². The van der Waals surface area contributed by atoms with Gasteiger partial charge in [-0.15, -0.1) is 0 Å². The van der Waals surface area contributed by atoms with E-state index in [1.165, 1.54) is 12.5 Å². The number of rotatable bonds is 10. The highest BCUT2D eigenvalue weighted by atomic mass is 16.4. The summed E-state index contributed by atoms with van der Waals surface area (Å²) in [6.45, 7) is 6.26. The van der Waals surface area contributed by atoms with E-state index in [9.17, 15) is 24.0 Å². The van der Waals surface area contributed by atoms with Gasteiger partial charge >= 0.3 is 11.6 Å². The Morgan fingerprint density at radius 1 is 0.975 bits per heavy atom. The molecule has 0 unspecified atom stereocenters. The zero-order valence-corrected chi connectivity index (χ0v) is 23.1. The van der Waals surface area contributed by atoms with Crippen LogP contribution in [0.4, 0.5) is 0 Å². The van der Waals surface area contributed by atoms with Crippen molar-refractivity contribution in [2.24, 2.45) is 5.92 Å². The molecule has 3 amide bonds. The number of carbonyl (C=O) groups is 4. The Hall–Kier alpha value is -4.15. The van der Waals surface area contributed by atoms with E-state index in [0.717, 1.165) is 42.2 Å². The van der Waals surface area contributed by atoms with Crippen molar-refractivity contribution in [1.29, 1.82) is 0 Å². The van der Waals surface area contributed by atoms with Crippen LogP contribution in [0, 0.1) is 12.8 Å². The van der Waals surface area contributed by atoms with E-state index in [1.807, 2.05) is 13.0 Å². The monoisotopic (exact) mass is 553 g/mol. The van der Waals surface area contributed by atoms with E-state index in [4.69, 9.17) is 13.9 Å². The molecule has 3 aromatic rings. The van der Waals surface area contributed by atoms with Crippen LogP contribution in [0.15, 0.2) is 25.8 Å². The Morgan fingerprint density at radius 3 is 2.38 bits per heavy atom. The molecule has 4 rings (SSSR count). The lowest BCUT2D eigenvalue weighted by Gasteiger charge is -2.24. The predicted molar refractivity (Wildman–Crippen MR) is 147 cm³/mol. The number of hydrogen-bond acceptors (Lipinski definition) is 7. The van der Waals surface area contributed by atoms with Crippen molar-refractivity contribution in [2.75, 3.05) is 6.54 Å². The van der Waals surface area contributed by atoms with E-state index in [0.29, 0.717) is 23.2 Å². The van der Waals surface area contributed by atoms with Gasteiger partial charge in [0.1, 0.15) is 29.0 Å². The summed E-state index contributed by atoms with van der Waals surface area (Å²) in [5.41, 5.74) is 2.43. The van der Waals surface area contributed by atoms with E-state index in [-0.39, 0.29) is 17.9 Å². The van der Waals surface area contributed by atoms with Gasteiger partial charge in [-0.1, -0.05) is 20.3 Å². The van der Waals surface area contributed by atoms with Crippen molar-refractivity contribution in [3.05, 3.63) is 45.0 Å².